The summed E-state index contributed by atoms with van der Waals surface area (Å²) < 4.78 is 13.3. The molecule has 122 valence electrons. The van der Waals surface area contributed by atoms with Crippen LogP contribution in [0.4, 0.5) is 15.9 Å². The fourth-order valence-corrected chi connectivity index (χ4v) is 2.12. The Labute approximate surface area is 135 Å². The molecule has 1 unspecified atom stereocenters. The number of nitrogens with zero attached hydrogens (tertiary/aromatic N) is 2. The van der Waals surface area contributed by atoms with Crippen LogP contribution in [0.2, 0.25) is 0 Å². The van der Waals surface area contributed by atoms with Crippen LogP contribution in [0.15, 0.2) is 24.4 Å². The molecule has 1 aromatic carbocycles. The molecule has 0 aliphatic heterocycles. The zero-order chi connectivity index (χ0) is 17.0. The average Bonchev–Trinajstić information content (AvgIpc) is 2.51. The number of rotatable bonds is 5. The highest BCUT2D eigenvalue weighted by molar-refractivity contribution is 5.96. The van der Waals surface area contributed by atoms with Gasteiger partial charge in [0.25, 0.3) is 0 Å². The molecule has 0 aliphatic rings. The number of aryl methyl sites for hydroxylation is 3. The van der Waals surface area contributed by atoms with Gasteiger partial charge in [-0.05, 0) is 44.9 Å². The van der Waals surface area contributed by atoms with Crippen molar-refractivity contribution in [2.75, 3.05) is 10.6 Å². The van der Waals surface area contributed by atoms with Gasteiger partial charge in [0.05, 0.1) is 0 Å². The van der Waals surface area contributed by atoms with E-state index in [9.17, 15) is 9.18 Å². The van der Waals surface area contributed by atoms with Crippen LogP contribution in [-0.4, -0.2) is 21.9 Å². The van der Waals surface area contributed by atoms with Crippen molar-refractivity contribution in [3.63, 3.8) is 0 Å². The van der Waals surface area contributed by atoms with E-state index in [4.69, 9.17) is 0 Å². The summed E-state index contributed by atoms with van der Waals surface area (Å²) in [6, 6.07) is 3.79. The lowest BCUT2D eigenvalue weighted by Gasteiger charge is -2.17. The van der Waals surface area contributed by atoms with Crippen molar-refractivity contribution in [1.82, 2.24) is 9.97 Å². The Morgan fingerprint density at radius 1 is 1.35 bits per heavy atom. The number of halogens is 1. The molecule has 1 aromatic heterocycles. The van der Waals surface area contributed by atoms with Crippen molar-refractivity contribution in [3.05, 3.63) is 47.2 Å². The monoisotopic (exact) mass is 316 g/mol. The van der Waals surface area contributed by atoms with E-state index in [0.717, 1.165) is 17.5 Å². The molecule has 2 N–H and O–H groups in total. The highest BCUT2D eigenvalue weighted by Crippen LogP contribution is 2.17. The summed E-state index contributed by atoms with van der Waals surface area (Å²) in [6.45, 7) is 7.35. The molecule has 0 bridgehead atoms. The summed E-state index contributed by atoms with van der Waals surface area (Å²) in [5.41, 5.74) is 2.22. The molecular weight excluding hydrogens is 295 g/mol. The second-order valence-corrected chi connectivity index (χ2v) is 5.46. The van der Waals surface area contributed by atoms with Crippen molar-refractivity contribution < 1.29 is 9.18 Å². The smallest absolute Gasteiger partial charge is 0.246 e. The first-order valence-electron chi connectivity index (χ1n) is 7.56. The fraction of sp³-hybridized carbons (Fsp3) is 0.353. The summed E-state index contributed by atoms with van der Waals surface area (Å²) in [5, 5.41) is 5.84. The second-order valence-electron chi connectivity index (χ2n) is 5.46. The van der Waals surface area contributed by atoms with Gasteiger partial charge in [0.15, 0.2) is 0 Å². The Kier molecular flexibility index (Phi) is 5.26. The van der Waals surface area contributed by atoms with Crippen LogP contribution in [0.3, 0.4) is 0 Å². The van der Waals surface area contributed by atoms with Gasteiger partial charge >= 0.3 is 0 Å². The lowest BCUT2D eigenvalue weighted by molar-refractivity contribution is -0.116. The van der Waals surface area contributed by atoms with E-state index in [1.54, 1.807) is 26.1 Å². The maximum Gasteiger partial charge on any atom is 0.246 e. The molecule has 1 atom stereocenters. The molecule has 0 saturated carbocycles. The van der Waals surface area contributed by atoms with Gasteiger partial charge < -0.3 is 10.6 Å². The van der Waals surface area contributed by atoms with Gasteiger partial charge in [-0.1, -0.05) is 13.0 Å². The lowest BCUT2D eigenvalue weighted by Crippen LogP contribution is -2.33. The van der Waals surface area contributed by atoms with Gasteiger partial charge in [0.1, 0.15) is 23.5 Å². The third-order valence-corrected chi connectivity index (χ3v) is 3.57. The predicted molar refractivity (Wildman–Crippen MR) is 89.0 cm³/mol. The molecule has 2 rings (SSSR count). The predicted octanol–water partition coefficient (Wildman–Crippen LogP) is 3.23. The van der Waals surface area contributed by atoms with Gasteiger partial charge in [0.2, 0.25) is 5.91 Å². The highest BCUT2D eigenvalue weighted by atomic mass is 19.1. The molecule has 0 radical (unpaired) electrons. The topological polar surface area (TPSA) is 66.9 Å². The summed E-state index contributed by atoms with van der Waals surface area (Å²) >= 11 is 0. The van der Waals surface area contributed by atoms with E-state index in [-0.39, 0.29) is 11.7 Å². The van der Waals surface area contributed by atoms with E-state index in [0.29, 0.717) is 17.3 Å². The van der Waals surface area contributed by atoms with Crippen LogP contribution in [0, 0.1) is 19.7 Å². The number of anilines is 2. The minimum atomic E-state index is -0.516. The summed E-state index contributed by atoms with van der Waals surface area (Å²) in [6.07, 6.45) is 2.52. The maximum absolute atomic E-state index is 13.3. The number of carbonyl (C=O) groups is 1. The Morgan fingerprint density at radius 2 is 2.09 bits per heavy atom. The Bertz CT molecular complexity index is 718. The van der Waals surface area contributed by atoms with E-state index < -0.39 is 6.04 Å². The number of aromatic nitrogens is 2. The number of benzene rings is 1. The van der Waals surface area contributed by atoms with Crippen molar-refractivity contribution in [2.24, 2.45) is 0 Å². The molecule has 23 heavy (non-hydrogen) atoms. The van der Waals surface area contributed by atoms with Crippen LogP contribution < -0.4 is 10.6 Å². The molecule has 0 aliphatic carbocycles. The van der Waals surface area contributed by atoms with Gasteiger partial charge in [-0.3, -0.25) is 4.79 Å². The molecule has 2 aromatic rings. The van der Waals surface area contributed by atoms with Crippen LogP contribution in [0.1, 0.15) is 30.8 Å². The Hall–Kier alpha value is -2.50. The largest absolute Gasteiger partial charge is 0.358 e. The van der Waals surface area contributed by atoms with Crippen LogP contribution >= 0.6 is 0 Å². The molecule has 5 nitrogen and oxygen atoms in total. The Balaban J connectivity index is 2.11. The van der Waals surface area contributed by atoms with Gasteiger partial charge in [-0.15, -0.1) is 0 Å². The lowest BCUT2D eigenvalue weighted by atomic mass is 10.2. The maximum atomic E-state index is 13.3. The first-order chi connectivity index (χ1) is 10.9. The number of hydrogen-bond acceptors (Lipinski definition) is 4. The second kappa shape index (κ2) is 7.17. The molecule has 0 fully saturated rings. The van der Waals surface area contributed by atoms with Crippen LogP contribution in [-0.2, 0) is 11.2 Å². The van der Waals surface area contributed by atoms with E-state index in [2.05, 4.69) is 20.6 Å². The molecule has 6 heteroatoms. The van der Waals surface area contributed by atoms with Gasteiger partial charge in [0, 0.05) is 17.4 Å². The van der Waals surface area contributed by atoms with Crippen molar-refractivity contribution in [3.8, 4) is 0 Å². The zero-order valence-corrected chi connectivity index (χ0v) is 13.8. The average molecular weight is 316 g/mol. The SMILES string of the molecule is CCc1cnc(C)nc1NC(C)C(=O)Nc1cc(F)ccc1C. The first kappa shape index (κ1) is 16.9. The number of carbonyl (C=O) groups excluding carboxylic acids is 1. The Morgan fingerprint density at radius 3 is 2.78 bits per heavy atom. The standard InChI is InChI=1S/C17H21FN4O/c1-5-13-9-19-12(4)21-16(13)20-11(3)17(23)22-15-8-14(18)7-6-10(15)2/h6-9,11H,5H2,1-4H3,(H,22,23)(H,19,20,21). The summed E-state index contributed by atoms with van der Waals surface area (Å²) in [4.78, 5) is 20.8. The minimum Gasteiger partial charge on any atom is -0.358 e. The third-order valence-electron chi connectivity index (χ3n) is 3.57. The quantitative estimate of drug-likeness (QED) is 0.888. The number of amides is 1. The first-order valence-corrected chi connectivity index (χ1v) is 7.56. The van der Waals surface area contributed by atoms with Crippen molar-refractivity contribution >= 4 is 17.4 Å². The third kappa shape index (κ3) is 4.25. The molecule has 1 heterocycles. The van der Waals surface area contributed by atoms with Crippen LogP contribution in [0.25, 0.3) is 0 Å². The molecular formula is C17H21FN4O. The molecule has 0 saturated heterocycles. The van der Waals surface area contributed by atoms with Crippen LogP contribution in [0.5, 0.6) is 0 Å². The summed E-state index contributed by atoms with van der Waals surface area (Å²) in [7, 11) is 0. The van der Waals surface area contributed by atoms with E-state index in [1.807, 2.05) is 13.8 Å². The van der Waals surface area contributed by atoms with E-state index >= 15 is 0 Å². The molecule has 1 amide bonds. The van der Waals surface area contributed by atoms with E-state index in [1.165, 1.54) is 12.1 Å². The zero-order valence-electron chi connectivity index (χ0n) is 13.8. The van der Waals surface area contributed by atoms with Gasteiger partial charge in [-0.2, -0.15) is 0 Å². The summed E-state index contributed by atoms with van der Waals surface area (Å²) in [5.74, 6) is 0.653. The molecule has 0 spiro atoms. The highest BCUT2D eigenvalue weighted by Gasteiger charge is 2.16. The van der Waals surface area contributed by atoms with Gasteiger partial charge in [-0.25, -0.2) is 14.4 Å². The van der Waals surface area contributed by atoms with Crippen molar-refractivity contribution in [2.45, 2.75) is 40.2 Å². The number of nitrogens with one attached hydrogen (secondary N) is 2. The van der Waals surface area contributed by atoms with Crippen molar-refractivity contribution in [1.29, 1.82) is 0 Å². The normalized spacial score (nSPS) is 11.9. The number of hydrogen-bond donors (Lipinski definition) is 2. The fourth-order valence-electron chi connectivity index (χ4n) is 2.12. The minimum absolute atomic E-state index is 0.253.